The van der Waals surface area contributed by atoms with Crippen molar-refractivity contribution < 1.29 is 4.74 Å². The second-order valence-electron chi connectivity index (χ2n) is 5.50. The van der Waals surface area contributed by atoms with Gasteiger partial charge in [-0.1, -0.05) is 41.6 Å². The van der Waals surface area contributed by atoms with Crippen molar-refractivity contribution in [3.8, 4) is 0 Å². The topological polar surface area (TPSA) is 12.5 Å². The highest BCUT2D eigenvalue weighted by atomic mass is 32.2. The van der Waals surface area contributed by atoms with Gasteiger partial charge in [0.25, 0.3) is 0 Å². The second-order valence-corrected chi connectivity index (χ2v) is 6.58. The highest BCUT2D eigenvalue weighted by Crippen LogP contribution is 2.41. The summed E-state index contributed by atoms with van der Waals surface area (Å²) in [5.41, 5.74) is 3.64. The molecule has 0 radical (unpaired) electrons. The molecule has 1 aliphatic heterocycles. The van der Waals surface area contributed by atoms with E-state index in [1.165, 1.54) is 26.5 Å². The first-order valence-corrected chi connectivity index (χ1v) is 7.82. The molecule has 0 fully saturated rings. The predicted octanol–water partition coefficient (Wildman–Crippen LogP) is 4.49. The van der Waals surface area contributed by atoms with Crippen LogP contribution in [0.2, 0.25) is 0 Å². The molecule has 3 rings (SSSR count). The summed E-state index contributed by atoms with van der Waals surface area (Å²) in [6.07, 6.45) is 2.15. The molecule has 1 heterocycles. The summed E-state index contributed by atoms with van der Waals surface area (Å²) in [5, 5.41) is 0. The summed E-state index contributed by atoms with van der Waals surface area (Å²) in [7, 11) is 4.02. The van der Waals surface area contributed by atoms with E-state index in [-0.39, 0.29) is 0 Å². The Hall–Kier alpha value is -1.71. The van der Waals surface area contributed by atoms with Gasteiger partial charge in [0.15, 0.2) is 0 Å². The molecule has 21 heavy (non-hydrogen) atoms. The summed E-state index contributed by atoms with van der Waals surface area (Å²) in [5.74, 6) is 0.944. The maximum absolute atomic E-state index is 6.04. The molecule has 2 nitrogen and oxygen atoms in total. The normalized spacial score (nSPS) is 13.2. The second kappa shape index (κ2) is 5.96. The number of rotatable bonds is 3. The van der Waals surface area contributed by atoms with E-state index in [2.05, 4.69) is 55.5 Å². The van der Waals surface area contributed by atoms with Gasteiger partial charge in [-0.3, -0.25) is 4.90 Å². The number of benzene rings is 2. The molecule has 0 aromatic heterocycles. The average molecular weight is 297 g/mol. The van der Waals surface area contributed by atoms with E-state index in [0.717, 1.165) is 5.76 Å². The van der Waals surface area contributed by atoms with E-state index in [4.69, 9.17) is 4.74 Å². The number of hydrogen-bond acceptors (Lipinski definition) is 3. The smallest absolute Gasteiger partial charge is 0.141 e. The Kier molecular flexibility index (Phi) is 4.04. The lowest BCUT2D eigenvalue weighted by Crippen LogP contribution is -2.15. The number of ether oxygens (including phenoxy) is 1. The molecule has 2 aromatic rings. The molecule has 0 amide bonds. The molecule has 0 atom stereocenters. The minimum absolute atomic E-state index is 0.575. The van der Waals surface area contributed by atoms with Crippen LogP contribution in [0.25, 0.3) is 11.8 Å². The zero-order valence-electron chi connectivity index (χ0n) is 12.6. The molecule has 0 saturated heterocycles. The number of fused-ring (bicyclic) bond motifs is 2. The molecule has 0 bridgehead atoms. The van der Waals surface area contributed by atoms with Crippen LogP contribution >= 0.6 is 11.8 Å². The van der Waals surface area contributed by atoms with Crippen molar-refractivity contribution in [1.29, 1.82) is 0 Å². The average Bonchev–Trinajstić information content (AvgIpc) is 2.61. The fourth-order valence-electron chi connectivity index (χ4n) is 2.27. The Morgan fingerprint density at radius 2 is 1.86 bits per heavy atom. The molecule has 0 N–H and O–H groups in total. The molecule has 1 aliphatic rings. The van der Waals surface area contributed by atoms with Gasteiger partial charge in [-0.2, -0.15) is 0 Å². The maximum Gasteiger partial charge on any atom is 0.141 e. The quantitative estimate of drug-likeness (QED) is 0.774. The van der Waals surface area contributed by atoms with Crippen molar-refractivity contribution in [2.75, 3.05) is 20.8 Å². The van der Waals surface area contributed by atoms with Gasteiger partial charge in [0.1, 0.15) is 12.5 Å². The highest BCUT2D eigenvalue weighted by molar-refractivity contribution is 7.99. The molecule has 0 saturated carbocycles. The van der Waals surface area contributed by atoms with E-state index in [1.807, 2.05) is 19.0 Å². The van der Waals surface area contributed by atoms with E-state index >= 15 is 0 Å². The lowest BCUT2D eigenvalue weighted by molar-refractivity contribution is 0.152. The first kappa shape index (κ1) is 14.2. The van der Waals surface area contributed by atoms with Crippen molar-refractivity contribution in [2.24, 2.45) is 0 Å². The van der Waals surface area contributed by atoms with E-state index in [9.17, 15) is 0 Å². The molecule has 3 heteroatoms. The monoisotopic (exact) mass is 297 g/mol. The van der Waals surface area contributed by atoms with E-state index < -0.39 is 0 Å². The van der Waals surface area contributed by atoms with Gasteiger partial charge in [0.05, 0.1) is 0 Å². The molecule has 0 aliphatic carbocycles. The van der Waals surface area contributed by atoms with Crippen molar-refractivity contribution in [2.45, 2.75) is 16.7 Å². The Labute approximate surface area is 130 Å². The van der Waals surface area contributed by atoms with Crippen LogP contribution in [0.5, 0.6) is 0 Å². The number of aryl methyl sites for hydroxylation is 1. The van der Waals surface area contributed by atoms with Gasteiger partial charge >= 0.3 is 0 Å². The molecule has 108 valence electrons. The summed E-state index contributed by atoms with van der Waals surface area (Å²) in [6, 6.07) is 15.0. The third-order valence-corrected chi connectivity index (χ3v) is 4.47. The lowest BCUT2D eigenvalue weighted by Gasteiger charge is -2.16. The van der Waals surface area contributed by atoms with Crippen LogP contribution in [0.1, 0.15) is 16.7 Å². The Morgan fingerprint density at radius 1 is 1.05 bits per heavy atom. The van der Waals surface area contributed by atoms with Crippen LogP contribution in [0.4, 0.5) is 0 Å². The van der Waals surface area contributed by atoms with Crippen molar-refractivity contribution >= 4 is 23.6 Å². The summed E-state index contributed by atoms with van der Waals surface area (Å²) in [6.45, 7) is 2.69. The van der Waals surface area contributed by atoms with Gasteiger partial charge in [-0.25, -0.2) is 0 Å². The largest absolute Gasteiger partial charge is 0.477 e. The third-order valence-electron chi connectivity index (χ3n) is 3.30. The van der Waals surface area contributed by atoms with Gasteiger partial charge in [-0.15, -0.1) is 0 Å². The number of nitrogens with zero attached hydrogens (tertiary/aromatic N) is 1. The molecule has 0 unspecified atom stereocenters. The summed E-state index contributed by atoms with van der Waals surface area (Å²) >= 11 is 1.80. The van der Waals surface area contributed by atoms with Crippen LogP contribution in [-0.4, -0.2) is 25.7 Å². The first-order chi connectivity index (χ1) is 10.1. The zero-order valence-corrected chi connectivity index (χ0v) is 13.4. The fraction of sp³-hybridized carbons (Fsp3) is 0.222. The first-order valence-electron chi connectivity index (χ1n) is 7.00. The van der Waals surface area contributed by atoms with Gasteiger partial charge in [-0.05, 0) is 50.9 Å². The van der Waals surface area contributed by atoms with Crippen molar-refractivity contribution in [3.05, 3.63) is 59.2 Å². The molecule has 0 spiro atoms. The maximum atomic E-state index is 6.04. The van der Waals surface area contributed by atoms with Crippen molar-refractivity contribution in [1.82, 2.24) is 4.90 Å². The van der Waals surface area contributed by atoms with E-state index in [0.29, 0.717) is 6.73 Å². The van der Waals surface area contributed by atoms with Gasteiger partial charge < -0.3 is 4.74 Å². The standard InChI is InChI=1S/C18H19NOS/c1-13-8-9-18-15(10-13)16(20-12-19(2)3)11-14-6-4-5-7-17(14)21-18/h4-11H,12H2,1-3H3. The molecule has 2 aromatic carbocycles. The SMILES string of the molecule is Cc1ccc2c(c1)C(OCN(C)C)=Cc1ccccc1S2. The lowest BCUT2D eigenvalue weighted by atomic mass is 10.1. The minimum Gasteiger partial charge on any atom is -0.477 e. The van der Waals surface area contributed by atoms with Crippen LogP contribution in [0, 0.1) is 6.92 Å². The van der Waals surface area contributed by atoms with Crippen LogP contribution in [0.15, 0.2) is 52.3 Å². The third kappa shape index (κ3) is 3.14. The Bertz CT molecular complexity index is 691. The number of hydrogen-bond donors (Lipinski definition) is 0. The van der Waals surface area contributed by atoms with Crippen LogP contribution in [0.3, 0.4) is 0 Å². The van der Waals surface area contributed by atoms with Crippen LogP contribution < -0.4 is 0 Å². The van der Waals surface area contributed by atoms with E-state index in [1.54, 1.807) is 11.8 Å². The Morgan fingerprint density at radius 3 is 2.67 bits per heavy atom. The van der Waals surface area contributed by atoms with Gasteiger partial charge in [0.2, 0.25) is 0 Å². The van der Waals surface area contributed by atoms with Crippen molar-refractivity contribution in [3.63, 3.8) is 0 Å². The fourth-order valence-corrected chi connectivity index (χ4v) is 3.31. The zero-order chi connectivity index (χ0) is 14.8. The molecular weight excluding hydrogens is 278 g/mol. The Balaban J connectivity index is 2.09. The minimum atomic E-state index is 0.575. The highest BCUT2D eigenvalue weighted by Gasteiger charge is 2.17. The van der Waals surface area contributed by atoms with Gasteiger partial charge in [0, 0.05) is 15.4 Å². The van der Waals surface area contributed by atoms with Crippen LogP contribution in [-0.2, 0) is 4.74 Å². The molecular formula is C18H19NOS. The predicted molar refractivity (Wildman–Crippen MR) is 89.3 cm³/mol. The summed E-state index contributed by atoms with van der Waals surface area (Å²) in [4.78, 5) is 4.54. The summed E-state index contributed by atoms with van der Waals surface area (Å²) < 4.78 is 6.04.